The van der Waals surface area contributed by atoms with Crippen molar-refractivity contribution >= 4 is 0 Å². The van der Waals surface area contributed by atoms with E-state index < -0.39 is 5.60 Å². The van der Waals surface area contributed by atoms with Gasteiger partial charge in [-0.25, -0.2) is 4.98 Å². The van der Waals surface area contributed by atoms with E-state index in [2.05, 4.69) is 9.55 Å². The number of nitrogens with zero attached hydrogens (tertiary/aromatic N) is 2. The van der Waals surface area contributed by atoms with Crippen molar-refractivity contribution in [3.05, 3.63) is 18.7 Å². The predicted octanol–water partition coefficient (Wildman–Crippen LogP) is 0.763. The highest BCUT2D eigenvalue weighted by Gasteiger charge is 2.39. The predicted molar refractivity (Wildman–Crippen MR) is 58.2 cm³/mol. The summed E-state index contributed by atoms with van der Waals surface area (Å²) in [5.41, 5.74) is 5.03. The van der Waals surface area contributed by atoms with Crippen molar-refractivity contribution in [2.75, 3.05) is 6.54 Å². The fourth-order valence-corrected chi connectivity index (χ4v) is 2.53. The Balaban J connectivity index is 1.89. The zero-order chi connectivity index (χ0) is 10.7. The van der Waals surface area contributed by atoms with E-state index in [0.717, 1.165) is 32.2 Å². The van der Waals surface area contributed by atoms with E-state index in [-0.39, 0.29) is 0 Å². The molecule has 84 valence electrons. The average molecular weight is 209 g/mol. The van der Waals surface area contributed by atoms with Crippen LogP contribution in [-0.2, 0) is 6.54 Å². The maximum Gasteiger partial charge on any atom is 0.0945 e. The summed E-state index contributed by atoms with van der Waals surface area (Å²) >= 11 is 0. The lowest BCUT2D eigenvalue weighted by Crippen LogP contribution is -2.41. The molecule has 1 fully saturated rings. The highest BCUT2D eigenvalue weighted by Crippen LogP contribution is 2.37. The van der Waals surface area contributed by atoms with Crippen LogP contribution in [0.15, 0.2) is 18.7 Å². The molecule has 0 aliphatic heterocycles. The van der Waals surface area contributed by atoms with Gasteiger partial charge in [-0.2, -0.15) is 0 Å². The van der Waals surface area contributed by atoms with Gasteiger partial charge in [-0.15, -0.1) is 0 Å². The molecule has 1 aliphatic rings. The number of hydrogen-bond acceptors (Lipinski definition) is 3. The Hall–Kier alpha value is -0.870. The molecule has 0 bridgehead atoms. The number of nitrogens with two attached hydrogens (primary N) is 1. The first-order valence-corrected chi connectivity index (χ1v) is 5.63. The van der Waals surface area contributed by atoms with Crippen molar-refractivity contribution in [3.8, 4) is 0 Å². The topological polar surface area (TPSA) is 64.1 Å². The van der Waals surface area contributed by atoms with Crippen LogP contribution >= 0.6 is 0 Å². The first-order valence-electron chi connectivity index (χ1n) is 5.63. The van der Waals surface area contributed by atoms with Crippen LogP contribution in [0.5, 0.6) is 0 Å². The summed E-state index contributed by atoms with van der Waals surface area (Å²) in [5, 5.41) is 10.2. The number of aryl methyl sites for hydroxylation is 1. The van der Waals surface area contributed by atoms with E-state index >= 15 is 0 Å². The maximum atomic E-state index is 10.2. The third-order valence-corrected chi connectivity index (χ3v) is 3.57. The molecule has 15 heavy (non-hydrogen) atoms. The number of aliphatic hydroxyl groups is 1. The van der Waals surface area contributed by atoms with Crippen LogP contribution in [0.3, 0.4) is 0 Å². The van der Waals surface area contributed by atoms with Gasteiger partial charge < -0.3 is 15.4 Å². The summed E-state index contributed by atoms with van der Waals surface area (Å²) in [5.74, 6) is 0.352. The number of rotatable bonds is 4. The van der Waals surface area contributed by atoms with Crippen LogP contribution in [0.1, 0.15) is 25.7 Å². The lowest BCUT2D eigenvalue weighted by atomic mass is 9.88. The molecule has 0 spiro atoms. The lowest BCUT2D eigenvalue weighted by molar-refractivity contribution is 0.00660. The molecule has 1 aromatic rings. The summed E-state index contributed by atoms with van der Waals surface area (Å²) in [6.07, 6.45) is 9.60. The molecule has 0 aromatic carbocycles. The van der Waals surface area contributed by atoms with Gasteiger partial charge in [0.05, 0.1) is 11.9 Å². The molecule has 2 unspecified atom stereocenters. The van der Waals surface area contributed by atoms with E-state index in [1.54, 1.807) is 6.20 Å². The molecule has 1 aliphatic carbocycles. The number of hydrogen-bond donors (Lipinski definition) is 2. The zero-order valence-corrected chi connectivity index (χ0v) is 8.97. The van der Waals surface area contributed by atoms with Crippen LogP contribution in [0, 0.1) is 5.92 Å². The minimum Gasteiger partial charge on any atom is -0.388 e. The van der Waals surface area contributed by atoms with Crippen LogP contribution in [0.25, 0.3) is 0 Å². The molecule has 2 atom stereocenters. The Morgan fingerprint density at radius 2 is 2.47 bits per heavy atom. The fraction of sp³-hybridized carbons (Fsp3) is 0.727. The normalized spacial score (nSPS) is 30.9. The second-order valence-electron chi connectivity index (χ2n) is 4.49. The first-order chi connectivity index (χ1) is 7.24. The Labute approximate surface area is 90.1 Å². The second-order valence-corrected chi connectivity index (χ2v) is 4.49. The quantitative estimate of drug-likeness (QED) is 0.769. The Bertz CT molecular complexity index is 299. The lowest BCUT2D eigenvalue weighted by Gasteiger charge is -2.28. The molecule has 1 heterocycles. The van der Waals surface area contributed by atoms with E-state index in [9.17, 15) is 5.11 Å². The van der Waals surface area contributed by atoms with Gasteiger partial charge in [-0.3, -0.25) is 0 Å². The Morgan fingerprint density at radius 1 is 1.60 bits per heavy atom. The summed E-state index contributed by atoms with van der Waals surface area (Å²) in [6.45, 7) is 1.31. The highest BCUT2D eigenvalue weighted by atomic mass is 16.3. The molecule has 3 N–H and O–H groups in total. The van der Waals surface area contributed by atoms with Crippen molar-refractivity contribution in [3.63, 3.8) is 0 Å². The van der Waals surface area contributed by atoms with Gasteiger partial charge in [0.15, 0.2) is 0 Å². The van der Waals surface area contributed by atoms with E-state index in [1.807, 2.05) is 12.5 Å². The summed E-state index contributed by atoms with van der Waals surface area (Å²) in [7, 11) is 0. The average Bonchev–Trinajstić information content (AvgIpc) is 2.85. The summed E-state index contributed by atoms with van der Waals surface area (Å²) in [4.78, 5) is 4.00. The second kappa shape index (κ2) is 4.33. The van der Waals surface area contributed by atoms with Gasteiger partial charge in [-0.05, 0) is 25.2 Å². The van der Waals surface area contributed by atoms with Crippen LogP contribution in [0.4, 0.5) is 0 Å². The third-order valence-electron chi connectivity index (χ3n) is 3.57. The molecule has 0 saturated heterocycles. The van der Waals surface area contributed by atoms with Gasteiger partial charge in [0.1, 0.15) is 0 Å². The van der Waals surface area contributed by atoms with Crippen molar-refractivity contribution in [2.45, 2.75) is 37.8 Å². The molecule has 4 nitrogen and oxygen atoms in total. The van der Waals surface area contributed by atoms with Gasteiger partial charge in [0.25, 0.3) is 0 Å². The van der Waals surface area contributed by atoms with E-state index in [1.165, 1.54) is 0 Å². The molecule has 1 saturated carbocycles. The minimum atomic E-state index is -0.611. The SMILES string of the molecule is NCC1(O)CCCC1CCn1ccnc1. The van der Waals surface area contributed by atoms with E-state index in [0.29, 0.717) is 12.5 Å². The van der Waals surface area contributed by atoms with E-state index in [4.69, 9.17) is 5.73 Å². The molecule has 1 aromatic heterocycles. The van der Waals surface area contributed by atoms with Crippen LogP contribution < -0.4 is 5.73 Å². The van der Waals surface area contributed by atoms with Crippen molar-refractivity contribution in [1.29, 1.82) is 0 Å². The Morgan fingerprint density at radius 3 is 3.13 bits per heavy atom. The van der Waals surface area contributed by atoms with Gasteiger partial charge >= 0.3 is 0 Å². The standard InChI is InChI=1S/C11H19N3O/c12-8-11(15)4-1-2-10(11)3-6-14-7-5-13-9-14/h5,7,9-10,15H,1-4,6,8,12H2. The van der Waals surface area contributed by atoms with Crippen molar-refractivity contribution in [1.82, 2.24) is 9.55 Å². The summed E-state index contributed by atoms with van der Waals surface area (Å²) in [6, 6.07) is 0. The number of aromatic nitrogens is 2. The molecular weight excluding hydrogens is 190 g/mol. The van der Waals surface area contributed by atoms with Crippen LogP contribution in [0.2, 0.25) is 0 Å². The minimum absolute atomic E-state index is 0.352. The monoisotopic (exact) mass is 209 g/mol. The largest absolute Gasteiger partial charge is 0.388 e. The molecule has 4 heteroatoms. The number of imidazole rings is 1. The first kappa shape index (κ1) is 10.6. The van der Waals surface area contributed by atoms with Crippen molar-refractivity contribution < 1.29 is 5.11 Å². The zero-order valence-electron chi connectivity index (χ0n) is 8.97. The smallest absolute Gasteiger partial charge is 0.0945 e. The van der Waals surface area contributed by atoms with Gasteiger partial charge in [-0.1, -0.05) is 6.42 Å². The van der Waals surface area contributed by atoms with Gasteiger partial charge in [0, 0.05) is 25.5 Å². The maximum absolute atomic E-state index is 10.2. The molecular formula is C11H19N3O. The molecule has 2 rings (SSSR count). The highest BCUT2D eigenvalue weighted by molar-refractivity contribution is 4.93. The van der Waals surface area contributed by atoms with Gasteiger partial charge in [0.2, 0.25) is 0 Å². The Kier molecular flexibility index (Phi) is 3.07. The summed E-state index contributed by atoms with van der Waals surface area (Å²) < 4.78 is 2.05. The molecule has 0 radical (unpaired) electrons. The third kappa shape index (κ3) is 2.21. The molecule has 0 amide bonds. The van der Waals surface area contributed by atoms with Crippen LogP contribution in [-0.4, -0.2) is 26.8 Å². The van der Waals surface area contributed by atoms with Crippen molar-refractivity contribution in [2.24, 2.45) is 11.7 Å². The fourth-order valence-electron chi connectivity index (χ4n) is 2.53.